The molecule has 0 saturated carbocycles. The molecule has 2 aliphatic heterocycles. The fraction of sp³-hybridized carbons (Fsp3) is 0.556. The molecule has 0 aromatic carbocycles. The van der Waals surface area contributed by atoms with Gasteiger partial charge < -0.3 is 9.42 Å². The monoisotopic (exact) mass is 327 g/mol. The highest BCUT2D eigenvalue weighted by Gasteiger charge is 2.33. The summed E-state index contributed by atoms with van der Waals surface area (Å²) >= 11 is 0. The molecule has 0 unspecified atom stereocenters. The van der Waals surface area contributed by atoms with E-state index in [1.54, 1.807) is 0 Å². The molecule has 0 N–H and O–H groups in total. The van der Waals surface area contributed by atoms with Crippen LogP contribution in [-0.2, 0) is 6.42 Å². The van der Waals surface area contributed by atoms with Gasteiger partial charge in [-0.25, -0.2) is 4.98 Å². The molecular formula is C18H25N5O. The molecule has 0 aliphatic carbocycles. The van der Waals surface area contributed by atoms with Gasteiger partial charge in [-0.3, -0.25) is 9.80 Å². The van der Waals surface area contributed by atoms with Gasteiger partial charge in [-0.05, 0) is 19.1 Å². The van der Waals surface area contributed by atoms with Gasteiger partial charge in [0.15, 0.2) is 0 Å². The van der Waals surface area contributed by atoms with Crippen molar-refractivity contribution in [3.8, 4) is 0 Å². The Morgan fingerprint density at radius 2 is 2.00 bits per heavy atom. The first-order valence-corrected chi connectivity index (χ1v) is 8.82. The molecule has 0 atom stereocenters. The second kappa shape index (κ2) is 6.91. The standard InChI is InChI=1S/C18H25N5O/c1-15-12-17(24-20-15)5-7-21-13-16(14-21)22-8-10-23(11-9-22)18-4-2-3-6-19-18/h2-4,6,12,16H,5,7-11,13-14H2,1H3. The van der Waals surface area contributed by atoms with Crippen LogP contribution in [0.15, 0.2) is 35.0 Å². The van der Waals surface area contributed by atoms with Crippen LogP contribution in [-0.4, -0.2) is 71.8 Å². The molecule has 2 aromatic heterocycles. The zero-order chi connectivity index (χ0) is 16.4. The molecule has 6 nitrogen and oxygen atoms in total. The lowest BCUT2D eigenvalue weighted by Gasteiger charge is -2.48. The minimum atomic E-state index is 0.715. The topological polar surface area (TPSA) is 48.6 Å². The van der Waals surface area contributed by atoms with Gasteiger partial charge in [0.05, 0.1) is 5.69 Å². The van der Waals surface area contributed by atoms with E-state index >= 15 is 0 Å². The van der Waals surface area contributed by atoms with Crippen molar-refractivity contribution in [2.45, 2.75) is 19.4 Å². The van der Waals surface area contributed by atoms with Gasteiger partial charge in [-0.15, -0.1) is 0 Å². The van der Waals surface area contributed by atoms with Crippen molar-refractivity contribution in [1.82, 2.24) is 19.9 Å². The molecule has 2 aliphatic rings. The van der Waals surface area contributed by atoms with Gasteiger partial charge in [0.2, 0.25) is 0 Å². The van der Waals surface area contributed by atoms with E-state index in [4.69, 9.17) is 4.52 Å². The van der Waals surface area contributed by atoms with Crippen LogP contribution < -0.4 is 4.90 Å². The van der Waals surface area contributed by atoms with Crippen molar-refractivity contribution in [2.75, 3.05) is 50.7 Å². The van der Waals surface area contributed by atoms with Crippen LogP contribution in [0, 0.1) is 6.92 Å². The van der Waals surface area contributed by atoms with Crippen molar-refractivity contribution in [1.29, 1.82) is 0 Å². The molecule has 2 saturated heterocycles. The van der Waals surface area contributed by atoms with E-state index < -0.39 is 0 Å². The van der Waals surface area contributed by atoms with Gasteiger partial charge in [-0.2, -0.15) is 0 Å². The fourth-order valence-corrected chi connectivity index (χ4v) is 3.62. The lowest BCUT2D eigenvalue weighted by atomic mass is 10.1. The first kappa shape index (κ1) is 15.6. The number of hydrogen-bond acceptors (Lipinski definition) is 6. The Morgan fingerprint density at radius 1 is 1.17 bits per heavy atom. The van der Waals surface area contributed by atoms with Crippen LogP contribution in [0.3, 0.4) is 0 Å². The summed E-state index contributed by atoms with van der Waals surface area (Å²) in [6, 6.07) is 8.89. The predicted octanol–water partition coefficient (Wildman–Crippen LogP) is 1.43. The number of hydrogen-bond donors (Lipinski definition) is 0. The Bertz CT molecular complexity index is 644. The molecule has 0 bridgehead atoms. The summed E-state index contributed by atoms with van der Waals surface area (Å²) in [7, 11) is 0. The summed E-state index contributed by atoms with van der Waals surface area (Å²) in [5.74, 6) is 2.11. The van der Waals surface area contributed by atoms with Gasteiger partial charge in [-0.1, -0.05) is 11.2 Å². The lowest BCUT2D eigenvalue weighted by Crippen LogP contribution is -2.63. The number of nitrogens with zero attached hydrogens (tertiary/aromatic N) is 5. The highest BCUT2D eigenvalue weighted by Crippen LogP contribution is 2.19. The number of rotatable bonds is 5. The maximum Gasteiger partial charge on any atom is 0.138 e. The molecule has 24 heavy (non-hydrogen) atoms. The molecule has 128 valence electrons. The first-order chi connectivity index (χ1) is 11.8. The Hall–Kier alpha value is -1.92. The molecule has 2 aromatic rings. The maximum atomic E-state index is 5.28. The zero-order valence-electron chi connectivity index (χ0n) is 14.3. The number of aryl methyl sites for hydroxylation is 1. The molecule has 6 heteroatoms. The van der Waals surface area contributed by atoms with Crippen molar-refractivity contribution in [2.24, 2.45) is 0 Å². The van der Waals surface area contributed by atoms with Crippen molar-refractivity contribution < 1.29 is 4.52 Å². The molecule has 2 fully saturated rings. The lowest BCUT2D eigenvalue weighted by molar-refractivity contribution is 0.0306. The average molecular weight is 327 g/mol. The Kier molecular flexibility index (Phi) is 4.49. The van der Waals surface area contributed by atoms with E-state index in [0.717, 1.165) is 56.4 Å². The second-order valence-corrected chi connectivity index (χ2v) is 6.81. The second-order valence-electron chi connectivity index (χ2n) is 6.81. The van der Waals surface area contributed by atoms with E-state index in [-0.39, 0.29) is 0 Å². The number of pyridine rings is 1. The third-order valence-electron chi connectivity index (χ3n) is 5.09. The van der Waals surface area contributed by atoms with E-state index in [0.29, 0.717) is 6.04 Å². The zero-order valence-corrected chi connectivity index (χ0v) is 14.3. The highest BCUT2D eigenvalue weighted by molar-refractivity contribution is 5.38. The molecule has 4 rings (SSSR count). The largest absolute Gasteiger partial charge is 0.361 e. The third kappa shape index (κ3) is 3.44. The normalized spacial score (nSPS) is 20.3. The maximum absolute atomic E-state index is 5.28. The summed E-state index contributed by atoms with van der Waals surface area (Å²) in [5, 5.41) is 3.95. The SMILES string of the molecule is Cc1cc(CCN2CC(N3CCN(c4ccccn4)CC3)C2)on1. The average Bonchev–Trinajstić information content (AvgIpc) is 3.00. The van der Waals surface area contributed by atoms with Crippen LogP contribution in [0.25, 0.3) is 0 Å². The highest BCUT2D eigenvalue weighted by atomic mass is 16.5. The third-order valence-corrected chi connectivity index (χ3v) is 5.09. The number of aromatic nitrogens is 2. The quantitative estimate of drug-likeness (QED) is 0.828. The summed E-state index contributed by atoms with van der Waals surface area (Å²) in [5.41, 5.74) is 0.970. The van der Waals surface area contributed by atoms with Crippen LogP contribution in [0.2, 0.25) is 0 Å². The Labute approximate surface area is 143 Å². The fourth-order valence-electron chi connectivity index (χ4n) is 3.62. The van der Waals surface area contributed by atoms with Gasteiger partial charge in [0.25, 0.3) is 0 Å². The number of piperazine rings is 1. The molecule has 0 radical (unpaired) electrons. The molecule has 0 spiro atoms. The van der Waals surface area contributed by atoms with E-state index in [9.17, 15) is 0 Å². The van der Waals surface area contributed by atoms with E-state index in [2.05, 4.69) is 37.0 Å². The summed E-state index contributed by atoms with van der Waals surface area (Å²) in [4.78, 5) is 12.0. The number of anilines is 1. The first-order valence-electron chi connectivity index (χ1n) is 8.82. The number of likely N-dealkylation sites (tertiary alicyclic amines) is 1. The van der Waals surface area contributed by atoms with Gasteiger partial charge in [0, 0.05) is 70.5 Å². The summed E-state index contributed by atoms with van der Waals surface area (Å²) in [6.45, 7) is 9.81. The van der Waals surface area contributed by atoms with Crippen molar-refractivity contribution in [3.05, 3.63) is 41.9 Å². The van der Waals surface area contributed by atoms with Crippen LogP contribution in [0.1, 0.15) is 11.5 Å². The molecule has 4 heterocycles. The van der Waals surface area contributed by atoms with E-state index in [1.807, 2.05) is 25.3 Å². The smallest absolute Gasteiger partial charge is 0.138 e. The minimum absolute atomic E-state index is 0.715. The van der Waals surface area contributed by atoms with Crippen molar-refractivity contribution in [3.63, 3.8) is 0 Å². The van der Waals surface area contributed by atoms with Crippen LogP contribution >= 0.6 is 0 Å². The van der Waals surface area contributed by atoms with Crippen molar-refractivity contribution >= 4 is 5.82 Å². The Balaban J connectivity index is 1.18. The Morgan fingerprint density at radius 3 is 2.67 bits per heavy atom. The van der Waals surface area contributed by atoms with Crippen LogP contribution in [0.5, 0.6) is 0 Å². The minimum Gasteiger partial charge on any atom is -0.361 e. The molecule has 0 amide bonds. The van der Waals surface area contributed by atoms with E-state index in [1.165, 1.54) is 13.1 Å². The summed E-state index contributed by atoms with van der Waals surface area (Å²) in [6.07, 6.45) is 2.84. The van der Waals surface area contributed by atoms with Gasteiger partial charge >= 0.3 is 0 Å². The molecular weight excluding hydrogens is 302 g/mol. The van der Waals surface area contributed by atoms with Crippen LogP contribution in [0.4, 0.5) is 5.82 Å². The van der Waals surface area contributed by atoms with Gasteiger partial charge in [0.1, 0.15) is 11.6 Å². The summed E-state index contributed by atoms with van der Waals surface area (Å²) < 4.78 is 5.28. The predicted molar refractivity (Wildman–Crippen MR) is 93.2 cm³/mol.